The molecule has 1 aromatic heterocycles. The average molecular weight is 273 g/mol. The Hall–Kier alpha value is -1.85. The van der Waals surface area contributed by atoms with Crippen molar-refractivity contribution in [3.8, 4) is 0 Å². The molecule has 2 aromatic rings. The molecular weight excluding hydrogens is 254 g/mol. The molecule has 1 aromatic carbocycles. The van der Waals surface area contributed by atoms with E-state index < -0.39 is 0 Å². The van der Waals surface area contributed by atoms with Crippen molar-refractivity contribution in [1.29, 1.82) is 0 Å². The molecule has 106 valence electrons. The Balaban J connectivity index is 2.03. The molecule has 2 N–H and O–H groups in total. The molecule has 5 nitrogen and oxygen atoms in total. The van der Waals surface area contributed by atoms with E-state index in [1.165, 1.54) is 0 Å². The summed E-state index contributed by atoms with van der Waals surface area (Å²) in [6.07, 6.45) is 0. The van der Waals surface area contributed by atoms with E-state index in [9.17, 15) is 9.90 Å². The van der Waals surface area contributed by atoms with Crippen LogP contribution in [0.4, 0.5) is 5.82 Å². The summed E-state index contributed by atoms with van der Waals surface area (Å²) in [6.45, 7) is 2.60. The summed E-state index contributed by atoms with van der Waals surface area (Å²) in [5.74, 6) is 0.792. The number of fused-ring (bicyclic) bond motifs is 1. The van der Waals surface area contributed by atoms with E-state index in [4.69, 9.17) is 0 Å². The lowest BCUT2D eigenvalue weighted by molar-refractivity contribution is 0.190. The summed E-state index contributed by atoms with van der Waals surface area (Å²) >= 11 is 0. The van der Waals surface area contributed by atoms with Crippen LogP contribution in [0.3, 0.4) is 0 Å². The Kier molecular flexibility index (Phi) is 3.46. The number of nitrogens with zero attached hydrogens (tertiary/aromatic N) is 2. The number of hydrogen-bond acceptors (Lipinski definition) is 4. The van der Waals surface area contributed by atoms with Crippen molar-refractivity contribution in [1.82, 2.24) is 9.88 Å². The van der Waals surface area contributed by atoms with Gasteiger partial charge in [0.2, 0.25) is 0 Å². The molecule has 3 rings (SSSR count). The SMILES string of the molecule is CN1CCN(c2cc3ccccc3c(=O)[nH]2)[C@@H](CO)C1. The number of rotatable bonds is 2. The second-order valence-corrected chi connectivity index (χ2v) is 5.36. The van der Waals surface area contributed by atoms with Gasteiger partial charge in [-0.3, -0.25) is 4.79 Å². The molecule has 1 aliphatic rings. The number of hydrogen-bond donors (Lipinski definition) is 2. The second kappa shape index (κ2) is 5.26. The minimum atomic E-state index is -0.0753. The van der Waals surface area contributed by atoms with Crippen LogP contribution in [0.2, 0.25) is 0 Å². The monoisotopic (exact) mass is 273 g/mol. The van der Waals surface area contributed by atoms with Gasteiger partial charge in [-0.25, -0.2) is 0 Å². The lowest BCUT2D eigenvalue weighted by Crippen LogP contribution is -2.54. The van der Waals surface area contributed by atoms with E-state index in [1.54, 1.807) is 0 Å². The molecule has 20 heavy (non-hydrogen) atoms. The summed E-state index contributed by atoms with van der Waals surface area (Å²) in [4.78, 5) is 19.4. The van der Waals surface area contributed by atoms with Gasteiger partial charge in [0.25, 0.3) is 5.56 Å². The molecule has 1 atom stereocenters. The molecule has 0 bridgehead atoms. The fourth-order valence-corrected chi connectivity index (χ4v) is 2.84. The highest BCUT2D eigenvalue weighted by atomic mass is 16.3. The summed E-state index contributed by atoms with van der Waals surface area (Å²) < 4.78 is 0. The van der Waals surface area contributed by atoms with E-state index in [0.29, 0.717) is 5.39 Å². The highest BCUT2D eigenvalue weighted by molar-refractivity contribution is 5.83. The predicted octanol–water partition coefficient (Wildman–Crippen LogP) is 0.641. The van der Waals surface area contributed by atoms with Crippen molar-refractivity contribution in [3.05, 3.63) is 40.7 Å². The zero-order chi connectivity index (χ0) is 14.1. The van der Waals surface area contributed by atoms with Crippen molar-refractivity contribution in [2.24, 2.45) is 0 Å². The first-order chi connectivity index (χ1) is 9.69. The van der Waals surface area contributed by atoms with Crippen LogP contribution in [0.25, 0.3) is 10.8 Å². The Morgan fingerprint density at radius 2 is 2.15 bits per heavy atom. The van der Waals surface area contributed by atoms with E-state index in [1.807, 2.05) is 37.4 Å². The van der Waals surface area contributed by atoms with Gasteiger partial charge in [0.15, 0.2) is 0 Å². The van der Waals surface area contributed by atoms with Gasteiger partial charge in [-0.1, -0.05) is 18.2 Å². The third kappa shape index (κ3) is 2.30. The topological polar surface area (TPSA) is 59.6 Å². The summed E-state index contributed by atoms with van der Waals surface area (Å²) in [6, 6.07) is 9.57. The summed E-state index contributed by atoms with van der Waals surface area (Å²) in [7, 11) is 2.04. The quantitative estimate of drug-likeness (QED) is 0.843. The third-order valence-corrected chi connectivity index (χ3v) is 3.95. The number of aromatic amines is 1. The van der Waals surface area contributed by atoms with E-state index in [-0.39, 0.29) is 18.2 Å². The molecule has 1 fully saturated rings. The Labute approximate surface area is 117 Å². The first kappa shape index (κ1) is 13.1. The Morgan fingerprint density at radius 1 is 1.35 bits per heavy atom. The molecule has 5 heteroatoms. The molecule has 0 spiro atoms. The average Bonchev–Trinajstić information content (AvgIpc) is 2.47. The predicted molar refractivity (Wildman–Crippen MR) is 80.3 cm³/mol. The number of aliphatic hydroxyl groups excluding tert-OH is 1. The van der Waals surface area contributed by atoms with Crippen LogP contribution >= 0.6 is 0 Å². The highest BCUT2D eigenvalue weighted by Crippen LogP contribution is 2.20. The standard InChI is InChI=1S/C15H19N3O2/c1-17-6-7-18(12(9-17)10-19)14-8-11-4-2-3-5-13(11)15(20)16-14/h2-5,8,12,19H,6-7,9-10H2,1H3,(H,16,20)/t12-/m1/s1. The number of H-pyrrole nitrogens is 1. The van der Waals surface area contributed by atoms with E-state index in [2.05, 4.69) is 14.8 Å². The smallest absolute Gasteiger partial charge is 0.257 e. The minimum Gasteiger partial charge on any atom is -0.394 e. The van der Waals surface area contributed by atoms with Crippen LogP contribution in [0.5, 0.6) is 0 Å². The van der Waals surface area contributed by atoms with Crippen molar-refractivity contribution in [3.63, 3.8) is 0 Å². The van der Waals surface area contributed by atoms with Crippen LogP contribution in [0.15, 0.2) is 35.1 Å². The van der Waals surface area contributed by atoms with Crippen molar-refractivity contribution in [2.75, 3.05) is 38.2 Å². The van der Waals surface area contributed by atoms with Crippen molar-refractivity contribution >= 4 is 16.6 Å². The van der Waals surface area contributed by atoms with Crippen LogP contribution < -0.4 is 10.5 Å². The van der Waals surface area contributed by atoms with Gasteiger partial charge in [-0.05, 0) is 24.6 Å². The maximum Gasteiger partial charge on any atom is 0.257 e. The Morgan fingerprint density at radius 3 is 2.95 bits per heavy atom. The zero-order valence-electron chi connectivity index (χ0n) is 11.5. The lowest BCUT2D eigenvalue weighted by atomic mass is 10.1. The highest BCUT2D eigenvalue weighted by Gasteiger charge is 2.25. The van der Waals surface area contributed by atoms with Gasteiger partial charge >= 0.3 is 0 Å². The summed E-state index contributed by atoms with van der Waals surface area (Å²) in [5.41, 5.74) is -0.0753. The molecule has 0 amide bonds. The van der Waals surface area contributed by atoms with Gasteiger partial charge in [0.1, 0.15) is 5.82 Å². The van der Waals surface area contributed by atoms with Gasteiger partial charge < -0.3 is 19.9 Å². The normalized spacial score (nSPS) is 20.5. The fourth-order valence-electron chi connectivity index (χ4n) is 2.84. The number of aromatic nitrogens is 1. The minimum absolute atomic E-state index is 0.0190. The molecule has 0 unspecified atom stereocenters. The molecule has 1 saturated heterocycles. The van der Waals surface area contributed by atoms with E-state index in [0.717, 1.165) is 30.8 Å². The first-order valence-corrected chi connectivity index (χ1v) is 6.87. The molecule has 0 aliphatic carbocycles. The number of pyridine rings is 1. The molecule has 0 saturated carbocycles. The maximum absolute atomic E-state index is 12.1. The number of benzene rings is 1. The first-order valence-electron chi connectivity index (χ1n) is 6.87. The largest absolute Gasteiger partial charge is 0.394 e. The summed E-state index contributed by atoms with van der Waals surface area (Å²) in [5, 5.41) is 11.2. The molecule has 2 heterocycles. The number of likely N-dealkylation sites (N-methyl/N-ethyl adjacent to an activating group) is 1. The van der Waals surface area contributed by atoms with Gasteiger partial charge in [0.05, 0.1) is 12.6 Å². The second-order valence-electron chi connectivity index (χ2n) is 5.36. The Bertz CT molecular complexity index is 667. The zero-order valence-corrected chi connectivity index (χ0v) is 11.5. The van der Waals surface area contributed by atoms with Crippen molar-refractivity contribution < 1.29 is 5.11 Å². The van der Waals surface area contributed by atoms with Gasteiger partial charge in [0, 0.05) is 25.0 Å². The molecular formula is C15H19N3O2. The van der Waals surface area contributed by atoms with Crippen LogP contribution in [-0.2, 0) is 0 Å². The number of piperazine rings is 1. The lowest BCUT2D eigenvalue weighted by Gasteiger charge is -2.40. The number of aliphatic hydroxyl groups is 1. The molecule has 1 aliphatic heterocycles. The molecule has 0 radical (unpaired) electrons. The third-order valence-electron chi connectivity index (χ3n) is 3.95. The van der Waals surface area contributed by atoms with E-state index >= 15 is 0 Å². The van der Waals surface area contributed by atoms with Crippen molar-refractivity contribution in [2.45, 2.75) is 6.04 Å². The van der Waals surface area contributed by atoms with Gasteiger partial charge in [-0.2, -0.15) is 0 Å². The van der Waals surface area contributed by atoms with Crippen LogP contribution in [-0.4, -0.2) is 54.3 Å². The number of nitrogens with one attached hydrogen (secondary N) is 1. The fraction of sp³-hybridized carbons (Fsp3) is 0.400. The van der Waals surface area contributed by atoms with Gasteiger partial charge in [-0.15, -0.1) is 0 Å². The number of anilines is 1. The van der Waals surface area contributed by atoms with Crippen LogP contribution in [0.1, 0.15) is 0 Å². The van der Waals surface area contributed by atoms with Crippen LogP contribution in [0, 0.1) is 0 Å². The maximum atomic E-state index is 12.1.